The zero-order valence-corrected chi connectivity index (χ0v) is 17.5. The molecule has 0 radical (unpaired) electrons. The van der Waals surface area contributed by atoms with Crippen molar-refractivity contribution in [2.75, 3.05) is 13.1 Å². The maximum atomic E-state index is 10.1. The minimum Gasteiger partial charge on any atom is -0.305 e. The number of nitriles is 3. The summed E-state index contributed by atoms with van der Waals surface area (Å²) in [5.41, 5.74) is 1.42. The largest absolute Gasteiger partial charge is 0.305 e. The van der Waals surface area contributed by atoms with Gasteiger partial charge in [-0.25, -0.2) is 0 Å². The highest BCUT2D eigenvalue weighted by Crippen LogP contribution is 2.55. The summed E-state index contributed by atoms with van der Waals surface area (Å²) in [6, 6.07) is 18.7. The van der Waals surface area contributed by atoms with Gasteiger partial charge in [0.1, 0.15) is 5.92 Å². The summed E-state index contributed by atoms with van der Waals surface area (Å²) in [5, 5.41) is 40.7. The molecule has 6 heteroatoms. The molecule has 1 aliphatic carbocycles. The Morgan fingerprint density at radius 2 is 1.90 bits per heavy atom. The van der Waals surface area contributed by atoms with E-state index < -0.39 is 17.3 Å². The Bertz CT molecular complexity index is 1110. The van der Waals surface area contributed by atoms with Gasteiger partial charge < -0.3 is 5.41 Å². The van der Waals surface area contributed by atoms with Crippen LogP contribution in [0.25, 0.3) is 0 Å². The second kappa shape index (κ2) is 7.88. The molecule has 5 nitrogen and oxygen atoms in total. The van der Waals surface area contributed by atoms with Crippen LogP contribution < -0.4 is 0 Å². The molecule has 148 valence electrons. The summed E-state index contributed by atoms with van der Waals surface area (Å²) in [6.07, 6.45) is 2.05. The van der Waals surface area contributed by atoms with Crippen molar-refractivity contribution in [1.29, 1.82) is 21.2 Å². The van der Waals surface area contributed by atoms with Gasteiger partial charge in [0.25, 0.3) is 0 Å². The first kappa shape index (κ1) is 20.0. The van der Waals surface area contributed by atoms with Crippen molar-refractivity contribution in [3.8, 4) is 18.2 Å². The molecule has 1 N–H and O–H groups in total. The number of hydrogen-bond donors (Lipinski definition) is 1. The maximum Gasteiger partial charge on any atom is 0.190 e. The van der Waals surface area contributed by atoms with E-state index in [1.807, 2.05) is 42.6 Å². The Hall–Kier alpha value is -3.24. The Labute approximate surface area is 180 Å². The van der Waals surface area contributed by atoms with Gasteiger partial charge in [0, 0.05) is 36.3 Å². The summed E-state index contributed by atoms with van der Waals surface area (Å²) in [6.45, 7) is 4.09. The van der Waals surface area contributed by atoms with Crippen LogP contribution in [-0.2, 0) is 6.54 Å². The van der Waals surface area contributed by atoms with Crippen LogP contribution in [0.4, 0.5) is 0 Å². The van der Waals surface area contributed by atoms with Crippen LogP contribution >= 0.6 is 11.3 Å². The van der Waals surface area contributed by atoms with Crippen LogP contribution in [0.3, 0.4) is 0 Å². The SMILES string of the molecule is Cc1ccsc1C1C2CN(Cc3ccccc3)CC=C2C(C#N)C(=N)C1(C#N)C#N. The van der Waals surface area contributed by atoms with Crippen LogP contribution in [0.1, 0.15) is 21.9 Å². The van der Waals surface area contributed by atoms with Gasteiger partial charge in [-0.1, -0.05) is 36.4 Å². The molecule has 0 spiro atoms. The quantitative estimate of drug-likeness (QED) is 0.757. The molecule has 2 aliphatic rings. The molecular weight excluding hydrogens is 390 g/mol. The highest BCUT2D eigenvalue weighted by molar-refractivity contribution is 7.10. The fourth-order valence-electron chi connectivity index (χ4n) is 4.81. The second-order valence-electron chi connectivity index (χ2n) is 7.94. The van der Waals surface area contributed by atoms with Crippen molar-refractivity contribution >= 4 is 17.0 Å². The van der Waals surface area contributed by atoms with E-state index in [0.717, 1.165) is 22.6 Å². The topological polar surface area (TPSA) is 98.5 Å². The third kappa shape index (κ3) is 3.04. The van der Waals surface area contributed by atoms with Gasteiger partial charge in [-0.15, -0.1) is 11.3 Å². The molecular formula is C24H21N5S. The lowest BCUT2D eigenvalue weighted by molar-refractivity contribution is 0.199. The van der Waals surface area contributed by atoms with Crippen molar-refractivity contribution in [3.63, 3.8) is 0 Å². The van der Waals surface area contributed by atoms with Crippen molar-refractivity contribution < 1.29 is 0 Å². The molecule has 0 saturated heterocycles. The third-order valence-electron chi connectivity index (χ3n) is 6.30. The Morgan fingerprint density at radius 1 is 1.17 bits per heavy atom. The van der Waals surface area contributed by atoms with Crippen LogP contribution in [0.15, 0.2) is 53.4 Å². The number of nitrogens with zero attached hydrogens (tertiary/aromatic N) is 4. The van der Waals surface area contributed by atoms with Crippen LogP contribution in [0.2, 0.25) is 0 Å². The smallest absolute Gasteiger partial charge is 0.190 e. The summed E-state index contributed by atoms with van der Waals surface area (Å²) in [7, 11) is 0. The molecule has 3 unspecified atom stereocenters. The molecule has 1 fully saturated rings. The Balaban J connectivity index is 1.81. The van der Waals surface area contributed by atoms with Gasteiger partial charge in [0.2, 0.25) is 0 Å². The van der Waals surface area contributed by atoms with Crippen LogP contribution in [0.5, 0.6) is 0 Å². The molecule has 1 aliphatic heterocycles. The zero-order valence-electron chi connectivity index (χ0n) is 16.7. The predicted octanol–water partition coefficient (Wildman–Crippen LogP) is 4.41. The first-order valence-corrected chi connectivity index (χ1v) is 10.7. The number of nitrogens with one attached hydrogen (secondary N) is 1. The standard InChI is InChI=1S/C24H21N5S/c1-16-8-10-30-22(16)21-20-13-29(12-17-5-3-2-4-6-17)9-7-18(20)19(11-25)23(28)24(21,14-26)15-27/h2-8,10,19-21,28H,9,12-13H2,1H3. The number of hydrogen-bond acceptors (Lipinski definition) is 6. The number of rotatable bonds is 3. The van der Waals surface area contributed by atoms with Gasteiger partial charge in [0.15, 0.2) is 5.41 Å². The van der Waals surface area contributed by atoms with Crippen LogP contribution in [-0.4, -0.2) is 23.7 Å². The van der Waals surface area contributed by atoms with E-state index in [-0.39, 0.29) is 11.6 Å². The van der Waals surface area contributed by atoms with Crippen molar-refractivity contribution in [2.24, 2.45) is 17.3 Å². The molecule has 2 aromatic rings. The molecule has 2 heterocycles. The summed E-state index contributed by atoms with van der Waals surface area (Å²) >= 11 is 1.53. The predicted molar refractivity (Wildman–Crippen MR) is 116 cm³/mol. The van der Waals surface area contributed by atoms with Crippen molar-refractivity contribution in [2.45, 2.75) is 19.4 Å². The first-order chi connectivity index (χ1) is 14.6. The van der Waals surface area contributed by atoms with Gasteiger partial charge in [-0.2, -0.15) is 15.8 Å². The van der Waals surface area contributed by atoms with Gasteiger partial charge in [0.05, 0.1) is 23.9 Å². The van der Waals surface area contributed by atoms with E-state index >= 15 is 0 Å². The summed E-state index contributed by atoms with van der Waals surface area (Å²) in [4.78, 5) is 3.26. The lowest BCUT2D eigenvalue weighted by Gasteiger charge is -2.47. The van der Waals surface area contributed by atoms with E-state index in [9.17, 15) is 15.8 Å². The summed E-state index contributed by atoms with van der Waals surface area (Å²) in [5.74, 6) is -1.42. The lowest BCUT2D eigenvalue weighted by Crippen LogP contribution is -2.52. The van der Waals surface area contributed by atoms with Gasteiger partial charge in [-0.3, -0.25) is 4.90 Å². The monoisotopic (exact) mass is 411 g/mol. The molecule has 0 amide bonds. The number of benzene rings is 1. The second-order valence-corrected chi connectivity index (χ2v) is 8.89. The maximum absolute atomic E-state index is 10.1. The minimum absolute atomic E-state index is 0.0770. The zero-order chi connectivity index (χ0) is 21.3. The molecule has 4 rings (SSSR count). The number of thiophene rings is 1. The van der Waals surface area contributed by atoms with Crippen molar-refractivity contribution in [3.05, 3.63) is 69.4 Å². The van der Waals surface area contributed by atoms with Crippen LogP contribution in [0, 0.1) is 63.6 Å². The highest BCUT2D eigenvalue weighted by atomic mass is 32.1. The van der Waals surface area contributed by atoms with Gasteiger partial charge in [-0.05, 0) is 35.1 Å². The van der Waals surface area contributed by atoms with E-state index in [4.69, 9.17) is 5.41 Å². The first-order valence-electron chi connectivity index (χ1n) is 9.87. The minimum atomic E-state index is -1.63. The van der Waals surface area contributed by atoms with E-state index in [0.29, 0.717) is 13.1 Å². The molecule has 1 aromatic heterocycles. The normalized spacial score (nSPS) is 25.3. The Kier molecular flexibility index (Phi) is 5.27. The summed E-state index contributed by atoms with van der Waals surface area (Å²) < 4.78 is 0. The van der Waals surface area contributed by atoms with E-state index in [1.165, 1.54) is 16.9 Å². The third-order valence-corrected chi connectivity index (χ3v) is 7.40. The highest BCUT2D eigenvalue weighted by Gasteiger charge is 2.58. The van der Waals surface area contributed by atoms with Gasteiger partial charge >= 0.3 is 0 Å². The molecule has 3 atom stereocenters. The molecule has 30 heavy (non-hydrogen) atoms. The van der Waals surface area contributed by atoms with E-state index in [1.54, 1.807) is 0 Å². The number of aryl methyl sites for hydroxylation is 1. The number of fused-ring (bicyclic) bond motifs is 1. The molecule has 1 saturated carbocycles. The fourth-order valence-corrected chi connectivity index (χ4v) is 5.97. The average molecular weight is 412 g/mol. The molecule has 0 bridgehead atoms. The Morgan fingerprint density at radius 3 is 2.50 bits per heavy atom. The average Bonchev–Trinajstić information content (AvgIpc) is 3.19. The fraction of sp³-hybridized carbons (Fsp3) is 0.333. The lowest BCUT2D eigenvalue weighted by atomic mass is 9.55. The molecule has 1 aromatic carbocycles. The van der Waals surface area contributed by atoms with Crippen molar-refractivity contribution in [1.82, 2.24) is 4.90 Å². The van der Waals surface area contributed by atoms with E-state index in [2.05, 4.69) is 35.2 Å².